The van der Waals surface area contributed by atoms with Gasteiger partial charge in [0.15, 0.2) is 5.96 Å². The summed E-state index contributed by atoms with van der Waals surface area (Å²) in [7, 11) is 1.78. The molecule has 1 aromatic carbocycles. The molecule has 1 aromatic rings. The number of aliphatic imine (C=N–C) groups is 1. The highest BCUT2D eigenvalue weighted by Gasteiger charge is 2.29. The van der Waals surface area contributed by atoms with E-state index in [1.165, 1.54) is 5.56 Å². The molecule has 0 atom stereocenters. The number of alkyl halides is 2. The monoisotopic (exact) mass is 380 g/mol. The van der Waals surface area contributed by atoms with Gasteiger partial charge in [-0.15, -0.1) is 0 Å². The number of hydrogen-bond acceptors (Lipinski definition) is 2. The molecular weight excluding hydrogens is 346 g/mol. The molecule has 1 aliphatic heterocycles. The lowest BCUT2D eigenvalue weighted by molar-refractivity contribution is 0.0744. The van der Waals surface area contributed by atoms with E-state index in [0.29, 0.717) is 13.1 Å². The quantitative estimate of drug-likeness (QED) is 0.534. The van der Waals surface area contributed by atoms with E-state index >= 15 is 0 Å². The molecule has 0 aliphatic carbocycles. The molecular formula is C21H34F2N4. The van der Waals surface area contributed by atoms with E-state index < -0.39 is 6.43 Å². The maximum absolute atomic E-state index is 12.5. The van der Waals surface area contributed by atoms with Gasteiger partial charge in [-0.05, 0) is 31.2 Å². The lowest BCUT2D eigenvalue weighted by Gasteiger charge is -2.35. The molecule has 0 amide bonds. The number of likely N-dealkylation sites (tertiary alicyclic amines) is 1. The van der Waals surface area contributed by atoms with Gasteiger partial charge in [0.25, 0.3) is 6.43 Å². The summed E-state index contributed by atoms with van der Waals surface area (Å²) in [6.07, 6.45) is 1.56. The first-order chi connectivity index (χ1) is 13.0. The number of nitrogens with zero attached hydrogens (tertiary/aromatic N) is 2. The van der Waals surface area contributed by atoms with Crippen molar-refractivity contribution in [3.05, 3.63) is 35.9 Å². The number of guanidine groups is 1. The first-order valence-corrected chi connectivity index (χ1v) is 10.1. The van der Waals surface area contributed by atoms with Crippen LogP contribution in [-0.2, 0) is 5.41 Å². The van der Waals surface area contributed by atoms with Crippen molar-refractivity contribution in [2.24, 2.45) is 4.99 Å². The molecule has 2 rings (SSSR count). The fourth-order valence-electron chi connectivity index (χ4n) is 3.90. The Bertz CT molecular complexity index is 565. The zero-order valence-electron chi connectivity index (χ0n) is 16.8. The van der Waals surface area contributed by atoms with E-state index in [1.54, 1.807) is 7.05 Å². The maximum Gasteiger partial charge on any atom is 0.251 e. The first-order valence-electron chi connectivity index (χ1n) is 10.1. The van der Waals surface area contributed by atoms with Crippen LogP contribution in [0.3, 0.4) is 0 Å². The second-order valence-electron chi connectivity index (χ2n) is 7.39. The van der Waals surface area contributed by atoms with Crippen LogP contribution in [0, 0.1) is 0 Å². The second-order valence-corrected chi connectivity index (χ2v) is 7.39. The van der Waals surface area contributed by atoms with Crippen molar-refractivity contribution in [3.63, 3.8) is 0 Å². The molecule has 0 unspecified atom stereocenters. The van der Waals surface area contributed by atoms with E-state index in [4.69, 9.17) is 0 Å². The topological polar surface area (TPSA) is 39.7 Å². The highest BCUT2D eigenvalue weighted by atomic mass is 19.3. The third-order valence-electron chi connectivity index (χ3n) is 5.88. The van der Waals surface area contributed by atoms with Crippen molar-refractivity contribution in [2.45, 2.75) is 57.4 Å². The molecule has 1 fully saturated rings. The Labute approximate surface area is 162 Å². The zero-order chi connectivity index (χ0) is 19.7. The van der Waals surface area contributed by atoms with Gasteiger partial charge in [-0.3, -0.25) is 9.89 Å². The average molecular weight is 381 g/mol. The summed E-state index contributed by atoms with van der Waals surface area (Å²) >= 11 is 0. The van der Waals surface area contributed by atoms with Gasteiger partial charge in [-0.2, -0.15) is 0 Å². The molecule has 6 heteroatoms. The van der Waals surface area contributed by atoms with E-state index in [0.717, 1.165) is 38.2 Å². The largest absolute Gasteiger partial charge is 0.356 e. The Morgan fingerprint density at radius 1 is 1.19 bits per heavy atom. The molecule has 2 N–H and O–H groups in total. The molecule has 1 saturated heterocycles. The minimum atomic E-state index is -2.25. The molecule has 0 aromatic heterocycles. The Morgan fingerprint density at radius 3 is 2.33 bits per heavy atom. The molecule has 0 saturated carbocycles. The van der Waals surface area contributed by atoms with E-state index in [2.05, 4.69) is 53.7 Å². The first kappa shape index (κ1) is 21.6. The lowest BCUT2D eigenvalue weighted by Crippen LogP contribution is -2.51. The summed E-state index contributed by atoms with van der Waals surface area (Å²) in [5.41, 5.74) is 1.41. The number of hydrogen-bond donors (Lipinski definition) is 2. The summed E-state index contributed by atoms with van der Waals surface area (Å²) in [5.74, 6) is 0.796. The highest BCUT2D eigenvalue weighted by Crippen LogP contribution is 2.30. The van der Waals surface area contributed by atoms with Crippen LogP contribution in [0.25, 0.3) is 0 Å². The van der Waals surface area contributed by atoms with E-state index in [-0.39, 0.29) is 18.0 Å². The minimum Gasteiger partial charge on any atom is -0.356 e. The number of benzene rings is 1. The van der Waals surface area contributed by atoms with Crippen LogP contribution in [-0.4, -0.2) is 56.6 Å². The van der Waals surface area contributed by atoms with Crippen LogP contribution in [0.15, 0.2) is 35.3 Å². The Kier molecular flexibility index (Phi) is 8.48. The van der Waals surface area contributed by atoms with Crippen LogP contribution < -0.4 is 10.6 Å². The molecule has 152 valence electrons. The van der Waals surface area contributed by atoms with Crippen LogP contribution in [0.5, 0.6) is 0 Å². The molecule has 0 spiro atoms. The van der Waals surface area contributed by atoms with Crippen molar-refractivity contribution in [2.75, 3.05) is 33.2 Å². The van der Waals surface area contributed by atoms with Gasteiger partial charge in [0.05, 0.1) is 6.54 Å². The van der Waals surface area contributed by atoms with Crippen LogP contribution in [0.2, 0.25) is 0 Å². The van der Waals surface area contributed by atoms with Gasteiger partial charge in [0, 0.05) is 38.1 Å². The number of rotatable bonds is 8. The van der Waals surface area contributed by atoms with Crippen molar-refractivity contribution in [1.82, 2.24) is 15.5 Å². The van der Waals surface area contributed by atoms with Gasteiger partial charge in [-0.25, -0.2) is 8.78 Å². The van der Waals surface area contributed by atoms with Crippen molar-refractivity contribution >= 4 is 5.96 Å². The maximum atomic E-state index is 12.5. The fraction of sp³-hybridized carbons (Fsp3) is 0.667. The van der Waals surface area contributed by atoms with Gasteiger partial charge in [0.1, 0.15) is 0 Å². The zero-order valence-corrected chi connectivity index (χ0v) is 16.8. The average Bonchev–Trinajstić information content (AvgIpc) is 2.70. The van der Waals surface area contributed by atoms with Crippen LogP contribution >= 0.6 is 0 Å². The summed E-state index contributed by atoms with van der Waals surface area (Å²) in [6, 6.07) is 10.9. The Hall–Kier alpha value is -1.69. The predicted octanol–water partition coefficient (Wildman–Crippen LogP) is 3.64. The van der Waals surface area contributed by atoms with Crippen molar-refractivity contribution in [1.29, 1.82) is 0 Å². The van der Waals surface area contributed by atoms with Gasteiger partial charge in [0.2, 0.25) is 0 Å². The van der Waals surface area contributed by atoms with Crippen LogP contribution in [0.1, 0.15) is 45.1 Å². The number of nitrogens with one attached hydrogen (secondary N) is 2. The summed E-state index contributed by atoms with van der Waals surface area (Å²) in [6.45, 7) is 6.56. The molecule has 0 radical (unpaired) electrons. The van der Waals surface area contributed by atoms with Gasteiger partial charge < -0.3 is 10.6 Å². The predicted molar refractivity (Wildman–Crippen MR) is 109 cm³/mol. The summed E-state index contributed by atoms with van der Waals surface area (Å²) in [5, 5.41) is 6.98. The third-order valence-corrected chi connectivity index (χ3v) is 5.88. The fourth-order valence-corrected chi connectivity index (χ4v) is 3.90. The minimum absolute atomic E-state index is 0.0690. The van der Waals surface area contributed by atoms with Crippen molar-refractivity contribution < 1.29 is 8.78 Å². The molecule has 0 bridgehead atoms. The molecule has 27 heavy (non-hydrogen) atoms. The molecule has 1 heterocycles. The highest BCUT2D eigenvalue weighted by molar-refractivity contribution is 5.80. The standard InChI is InChI=1S/C21H34F2N4/c1-4-21(5-2,17-9-7-6-8-10-17)16-25-20(24-3)26-18-11-13-27(14-12-18)15-19(22)23/h6-10,18-19H,4-5,11-16H2,1-3H3,(H2,24,25,26). The van der Waals surface area contributed by atoms with E-state index in [9.17, 15) is 8.78 Å². The Balaban J connectivity index is 1.89. The van der Waals surface area contributed by atoms with Crippen LogP contribution in [0.4, 0.5) is 8.78 Å². The van der Waals surface area contributed by atoms with Gasteiger partial charge in [-0.1, -0.05) is 44.2 Å². The third kappa shape index (κ3) is 6.16. The summed E-state index contributed by atoms with van der Waals surface area (Å²) < 4.78 is 25.0. The SMILES string of the molecule is CCC(CC)(CNC(=NC)NC1CCN(CC(F)F)CC1)c1ccccc1. The Morgan fingerprint density at radius 2 is 1.81 bits per heavy atom. The smallest absolute Gasteiger partial charge is 0.251 e. The van der Waals surface area contributed by atoms with Gasteiger partial charge >= 0.3 is 0 Å². The number of piperidine rings is 1. The van der Waals surface area contributed by atoms with E-state index in [1.807, 2.05) is 11.0 Å². The number of halogens is 2. The van der Waals surface area contributed by atoms with Crippen molar-refractivity contribution in [3.8, 4) is 0 Å². The lowest BCUT2D eigenvalue weighted by atomic mass is 9.76. The second kappa shape index (κ2) is 10.6. The summed E-state index contributed by atoms with van der Waals surface area (Å²) in [4.78, 5) is 6.22. The molecule has 4 nitrogen and oxygen atoms in total. The molecule has 1 aliphatic rings. The normalized spacial score (nSPS) is 17.3.